The molecule has 2 fully saturated rings. The van der Waals surface area contributed by atoms with Gasteiger partial charge < -0.3 is 15.1 Å². The summed E-state index contributed by atoms with van der Waals surface area (Å²) in [6.45, 7) is 7.27. The zero-order valence-electron chi connectivity index (χ0n) is 24.9. The second kappa shape index (κ2) is 11.4. The second-order valence-electron chi connectivity index (χ2n) is 13.1. The number of piperidine rings is 2. The third kappa shape index (κ3) is 5.78. The zero-order chi connectivity index (χ0) is 31.3. The van der Waals surface area contributed by atoms with Gasteiger partial charge in [-0.15, -0.1) is 0 Å². The number of nitrogens with zero attached hydrogens (tertiary/aromatic N) is 3. The number of alkyl halides is 3. The number of hydrogen-bond donors (Lipinski definition) is 1. The maximum atomic E-state index is 13.7. The van der Waals surface area contributed by atoms with Crippen molar-refractivity contribution in [3.63, 3.8) is 0 Å². The first-order valence-corrected chi connectivity index (χ1v) is 15.5. The Hall–Kier alpha value is -3.59. The summed E-state index contributed by atoms with van der Waals surface area (Å²) >= 11 is 6.11. The van der Waals surface area contributed by atoms with E-state index in [1.165, 1.54) is 17.8 Å². The van der Waals surface area contributed by atoms with E-state index in [1.807, 2.05) is 61.5 Å². The molecule has 0 radical (unpaired) electrons. The minimum absolute atomic E-state index is 0.0582. The van der Waals surface area contributed by atoms with Crippen LogP contribution >= 0.6 is 11.6 Å². The summed E-state index contributed by atoms with van der Waals surface area (Å²) in [4.78, 5) is 35.5. The third-order valence-corrected chi connectivity index (χ3v) is 10.2. The average molecular weight is 625 g/mol. The fourth-order valence-corrected chi connectivity index (χ4v) is 7.56. The van der Waals surface area contributed by atoms with Gasteiger partial charge in [0.15, 0.2) is 0 Å². The summed E-state index contributed by atoms with van der Waals surface area (Å²) < 4.78 is 41.2. The normalized spacial score (nSPS) is 20.8. The minimum Gasteiger partial charge on any atom is -0.371 e. The van der Waals surface area contributed by atoms with Crippen molar-refractivity contribution < 1.29 is 22.8 Å². The fraction of sp³-hybridized carbons (Fsp3) is 0.441. The molecule has 6 rings (SSSR count). The van der Waals surface area contributed by atoms with Crippen molar-refractivity contribution in [1.29, 1.82) is 0 Å². The number of carbonyl (C=O) groups excluding carboxylic acids is 2. The number of carbonyl (C=O) groups is 2. The van der Waals surface area contributed by atoms with Crippen LogP contribution in [-0.4, -0.2) is 47.9 Å². The van der Waals surface area contributed by atoms with E-state index in [0.717, 1.165) is 56.0 Å². The van der Waals surface area contributed by atoms with Crippen LogP contribution in [0.15, 0.2) is 60.9 Å². The van der Waals surface area contributed by atoms with E-state index in [4.69, 9.17) is 11.6 Å². The molecule has 1 N–H and O–H groups in total. The summed E-state index contributed by atoms with van der Waals surface area (Å²) in [5, 5.41) is 2.58. The van der Waals surface area contributed by atoms with Gasteiger partial charge in [0, 0.05) is 49.8 Å². The highest BCUT2D eigenvalue weighted by Gasteiger charge is 2.43. The van der Waals surface area contributed by atoms with E-state index < -0.39 is 34.7 Å². The van der Waals surface area contributed by atoms with Crippen LogP contribution in [-0.2, 0) is 12.6 Å². The van der Waals surface area contributed by atoms with Crippen LogP contribution < -0.4 is 10.2 Å². The van der Waals surface area contributed by atoms with Crippen LogP contribution in [0, 0.1) is 10.8 Å². The molecule has 232 valence electrons. The Morgan fingerprint density at radius 1 is 0.955 bits per heavy atom. The summed E-state index contributed by atoms with van der Waals surface area (Å²) in [5.74, 6) is -0.945. The van der Waals surface area contributed by atoms with Crippen LogP contribution in [0.4, 0.5) is 18.9 Å². The van der Waals surface area contributed by atoms with Crippen LogP contribution in [0.25, 0.3) is 0 Å². The van der Waals surface area contributed by atoms with Crippen molar-refractivity contribution in [2.24, 2.45) is 10.8 Å². The third-order valence-electron chi connectivity index (χ3n) is 9.92. The van der Waals surface area contributed by atoms with Gasteiger partial charge in [-0.2, -0.15) is 13.2 Å². The lowest BCUT2D eigenvalue weighted by molar-refractivity contribution is -0.137. The maximum absolute atomic E-state index is 13.7. The predicted octanol–water partition coefficient (Wildman–Crippen LogP) is 7.33. The number of fused-ring (bicyclic) bond motifs is 1. The summed E-state index contributed by atoms with van der Waals surface area (Å²) in [7, 11) is 0. The minimum atomic E-state index is -4.73. The Labute approximate surface area is 260 Å². The number of amides is 2. The van der Waals surface area contributed by atoms with Crippen molar-refractivity contribution in [2.75, 3.05) is 31.1 Å². The molecule has 3 aliphatic rings. The van der Waals surface area contributed by atoms with Crippen LogP contribution in [0.3, 0.4) is 0 Å². The van der Waals surface area contributed by atoms with E-state index in [9.17, 15) is 22.8 Å². The van der Waals surface area contributed by atoms with Crippen molar-refractivity contribution >= 4 is 29.1 Å². The molecule has 6 nitrogen and oxygen atoms in total. The molecule has 2 amide bonds. The Morgan fingerprint density at radius 2 is 1.61 bits per heavy atom. The number of anilines is 1. The molecule has 1 spiro atoms. The molecule has 1 unspecified atom stereocenters. The maximum Gasteiger partial charge on any atom is 0.417 e. The van der Waals surface area contributed by atoms with E-state index in [2.05, 4.69) is 15.2 Å². The molecule has 3 heterocycles. The lowest BCUT2D eigenvalue weighted by Crippen LogP contribution is -2.48. The quantitative estimate of drug-likeness (QED) is 0.330. The number of nitrogens with one attached hydrogen (secondary N) is 1. The van der Waals surface area contributed by atoms with E-state index >= 15 is 0 Å². The Kier molecular flexibility index (Phi) is 7.89. The van der Waals surface area contributed by atoms with Gasteiger partial charge >= 0.3 is 6.18 Å². The lowest BCUT2D eigenvalue weighted by Gasteiger charge is -2.47. The van der Waals surface area contributed by atoms with Gasteiger partial charge in [0.05, 0.1) is 22.2 Å². The molecule has 3 aromatic rings. The molecule has 2 aromatic carbocycles. The lowest BCUT2D eigenvalue weighted by atomic mass is 9.71. The zero-order valence-corrected chi connectivity index (χ0v) is 25.6. The standard InChI is InChI=1S/C34H36ClF3N4O2/c1-32(2)21-23-7-6-22(20-25(23)29(32)40-30(43)28-26(34(36,37)38)4-3-5-27(28)35)31(44)42-18-12-33(13-19-42)10-16-41(17-11-33)24-8-14-39-15-9-24/h3-9,14-15,20,29H,10-13,16-19,21H2,1-2H3,(H,40,43). The second-order valence-corrected chi connectivity index (χ2v) is 13.5. The monoisotopic (exact) mass is 624 g/mol. The van der Waals surface area contributed by atoms with Gasteiger partial charge in [-0.05, 0) is 90.5 Å². The molecular formula is C34H36ClF3N4O2. The molecule has 0 saturated carbocycles. The van der Waals surface area contributed by atoms with E-state index in [1.54, 1.807) is 0 Å². The molecule has 0 bridgehead atoms. The number of benzene rings is 2. The molecule has 2 aliphatic heterocycles. The average Bonchev–Trinajstić information content (AvgIpc) is 3.25. The first-order chi connectivity index (χ1) is 20.9. The molecule has 1 atom stereocenters. The smallest absolute Gasteiger partial charge is 0.371 e. The summed E-state index contributed by atoms with van der Waals surface area (Å²) in [6.07, 6.45) is 3.62. The van der Waals surface area contributed by atoms with Gasteiger partial charge in [0.2, 0.25) is 0 Å². The fourth-order valence-electron chi connectivity index (χ4n) is 7.30. The van der Waals surface area contributed by atoms with Gasteiger partial charge in [-0.3, -0.25) is 14.6 Å². The van der Waals surface area contributed by atoms with Crippen molar-refractivity contribution in [2.45, 2.75) is 58.2 Å². The van der Waals surface area contributed by atoms with Crippen LogP contribution in [0.2, 0.25) is 5.02 Å². The topological polar surface area (TPSA) is 65.5 Å². The summed E-state index contributed by atoms with van der Waals surface area (Å²) in [5.41, 5.74) is 1.54. The molecule has 2 saturated heterocycles. The Bertz CT molecular complexity index is 1560. The number of pyridine rings is 1. The van der Waals surface area contributed by atoms with Crippen molar-refractivity contribution in [1.82, 2.24) is 15.2 Å². The van der Waals surface area contributed by atoms with Gasteiger partial charge in [-0.1, -0.05) is 37.6 Å². The molecule has 10 heteroatoms. The SMILES string of the molecule is CC1(C)Cc2ccc(C(=O)N3CCC4(CC3)CCN(c3ccncc3)CC4)cc2C1NC(=O)c1c(Cl)cccc1C(F)(F)F. The van der Waals surface area contributed by atoms with Gasteiger partial charge in [0.1, 0.15) is 0 Å². The first kappa shape index (κ1) is 30.4. The number of rotatable bonds is 4. The highest BCUT2D eigenvalue weighted by atomic mass is 35.5. The molecule has 1 aliphatic carbocycles. The number of aromatic nitrogens is 1. The highest BCUT2D eigenvalue weighted by Crippen LogP contribution is 2.47. The highest BCUT2D eigenvalue weighted by molar-refractivity contribution is 6.34. The Balaban J connectivity index is 1.15. The Morgan fingerprint density at radius 3 is 2.27 bits per heavy atom. The molecular weight excluding hydrogens is 589 g/mol. The number of halogens is 4. The van der Waals surface area contributed by atoms with Crippen molar-refractivity contribution in [3.8, 4) is 0 Å². The number of likely N-dealkylation sites (tertiary alicyclic amines) is 1. The van der Waals surface area contributed by atoms with Crippen LogP contribution in [0.1, 0.15) is 83.0 Å². The van der Waals surface area contributed by atoms with Crippen LogP contribution in [0.5, 0.6) is 0 Å². The largest absolute Gasteiger partial charge is 0.417 e. The van der Waals surface area contributed by atoms with Gasteiger partial charge in [-0.25, -0.2) is 0 Å². The van der Waals surface area contributed by atoms with Crippen molar-refractivity contribution in [3.05, 3.63) is 93.8 Å². The van der Waals surface area contributed by atoms with E-state index in [-0.39, 0.29) is 16.3 Å². The molecule has 44 heavy (non-hydrogen) atoms. The summed E-state index contributed by atoms with van der Waals surface area (Å²) in [6, 6.07) is 12.4. The van der Waals surface area contributed by atoms with E-state index in [0.29, 0.717) is 25.1 Å². The first-order valence-electron chi connectivity index (χ1n) is 15.1. The number of hydrogen-bond acceptors (Lipinski definition) is 4. The molecule has 1 aromatic heterocycles. The predicted molar refractivity (Wildman–Crippen MR) is 164 cm³/mol. The van der Waals surface area contributed by atoms with Gasteiger partial charge in [0.25, 0.3) is 11.8 Å².